The van der Waals surface area contributed by atoms with E-state index in [-0.39, 0.29) is 12.6 Å². The molecule has 0 saturated carbocycles. The van der Waals surface area contributed by atoms with Gasteiger partial charge in [0.1, 0.15) is 6.61 Å². The number of hydrogen-bond acceptors (Lipinski definition) is 4. The van der Waals surface area contributed by atoms with Gasteiger partial charge in [-0.3, -0.25) is 14.8 Å². The molecule has 0 aromatic carbocycles. The SMILES string of the molecule is CC.CC(=O)OCc1cnc(C)cn1. The van der Waals surface area contributed by atoms with E-state index < -0.39 is 0 Å². The van der Waals surface area contributed by atoms with Gasteiger partial charge in [-0.05, 0) is 6.92 Å². The Hall–Kier alpha value is -1.45. The fourth-order valence-corrected chi connectivity index (χ4v) is 0.669. The van der Waals surface area contributed by atoms with Gasteiger partial charge in [-0.15, -0.1) is 0 Å². The van der Waals surface area contributed by atoms with Crippen LogP contribution in [0.4, 0.5) is 0 Å². The molecule has 0 aliphatic rings. The fraction of sp³-hybridized carbons (Fsp3) is 0.500. The van der Waals surface area contributed by atoms with E-state index in [0.717, 1.165) is 5.69 Å². The Labute approximate surface area is 84.3 Å². The molecule has 1 heterocycles. The topological polar surface area (TPSA) is 52.1 Å². The summed E-state index contributed by atoms with van der Waals surface area (Å²) in [6.45, 7) is 7.41. The van der Waals surface area contributed by atoms with E-state index in [4.69, 9.17) is 4.74 Å². The standard InChI is InChI=1S/C8H10N2O2.C2H6/c1-6-3-10-8(4-9-6)5-12-7(2)11;1-2/h3-4H,5H2,1-2H3;1-2H3. The van der Waals surface area contributed by atoms with Crippen molar-refractivity contribution >= 4 is 5.97 Å². The molecule has 14 heavy (non-hydrogen) atoms. The average molecular weight is 196 g/mol. The first-order chi connectivity index (χ1) is 6.68. The number of carbonyl (C=O) groups is 1. The van der Waals surface area contributed by atoms with Gasteiger partial charge in [0.15, 0.2) is 0 Å². The van der Waals surface area contributed by atoms with E-state index in [0.29, 0.717) is 5.69 Å². The van der Waals surface area contributed by atoms with Crippen LogP contribution in [0.2, 0.25) is 0 Å². The van der Waals surface area contributed by atoms with Crippen molar-refractivity contribution in [2.45, 2.75) is 34.3 Å². The maximum Gasteiger partial charge on any atom is 0.303 e. The first-order valence-electron chi connectivity index (χ1n) is 4.59. The first-order valence-corrected chi connectivity index (χ1v) is 4.59. The minimum absolute atomic E-state index is 0.197. The van der Waals surface area contributed by atoms with Gasteiger partial charge >= 0.3 is 5.97 Å². The third-order valence-electron chi connectivity index (χ3n) is 1.26. The van der Waals surface area contributed by atoms with E-state index >= 15 is 0 Å². The van der Waals surface area contributed by atoms with Crippen LogP contribution in [0.5, 0.6) is 0 Å². The molecule has 0 saturated heterocycles. The van der Waals surface area contributed by atoms with Crippen LogP contribution in [-0.2, 0) is 16.1 Å². The van der Waals surface area contributed by atoms with Gasteiger partial charge < -0.3 is 4.74 Å². The van der Waals surface area contributed by atoms with Crippen LogP contribution in [0.1, 0.15) is 32.2 Å². The molecule has 0 aliphatic heterocycles. The highest BCUT2D eigenvalue weighted by molar-refractivity contribution is 5.65. The molecule has 0 unspecified atom stereocenters. The maximum atomic E-state index is 10.4. The van der Waals surface area contributed by atoms with Crippen LogP contribution in [-0.4, -0.2) is 15.9 Å². The summed E-state index contributed by atoms with van der Waals surface area (Å²) in [5.74, 6) is -0.308. The van der Waals surface area contributed by atoms with Gasteiger partial charge in [0.25, 0.3) is 0 Å². The van der Waals surface area contributed by atoms with E-state index in [2.05, 4.69) is 9.97 Å². The van der Waals surface area contributed by atoms with Crippen LogP contribution in [0, 0.1) is 6.92 Å². The van der Waals surface area contributed by atoms with E-state index in [9.17, 15) is 4.79 Å². The molecule has 4 nitrogen and oxygen atoms in total. The number of ether oxygens (including phenoxy) is 1. The molecule has 4 heteroatoms. The molecule has 0 fully saturated rings. The summed E-state index contributed by atoms with van der Waals surface area (Å²) in [4.78, 5) is 18.4. The van der Waals surface area contributed by atoms with E-state index in [1.807, 2.05) is 20.8 Å². The fourth-order valence-electron chi connectivity index (χ4n) is 0.669. The Kier molecular flexibility index (Phi) is 6.28. The van der Waals surface area contributed by atoms with Crippen molar-refractivity contribution in [2.24, 2.45) is 0 Å². The number of nitrogens with zero attached hydrogens (tertiary/aromatic N) is 2. The quantitative estimate of drug-likeness (QED) is 0.677. The number of hydrogen-bond donors (Lipinski definition) is 0. The van der Waals surface area contributed by atoms with Crippen molar-refractivity contribution < 1.29 is 9.53 Å². The normalized spacial score (nSPS) is 8.57. The Morgan fingerprint density at radius 1 is 1.36 bits per heavy atom. The van der Waals surface area contributed by atoms with Crippen molar-refractivity contribution in [1.82, 2.24) is 9.97 Å². The smallest absolute Gasteiger partial charge is 0.303 e. The monoisotopic (exact) mass is 196 g/mol. The van der Waals surface area contributed by atoms with E-state index in [1.54, 1.807) is 12.4 Å². The van der Waals surface area contributed by atoms with Crippen LogP contribution in [0.25, 0.3) is 0 Å². The van der Waals surface area contributed by atoms with E-state index in [1.165, 1.54) is 6.92 Å². The van der Waals surface area contributed by atoms with Crippen molar-refractivity contribution in [3.05, 3.63) is 23.8 Å². The predicted octanol–water partition coefficient (Wildman–Crippen LogP) is 1.87. The zero-order chi connectivity index (χ0) is 11.0. The second-order valence-electron chi connectivity index (χ2n) is 2.43. The molecule has 0 atom stereocenters. The molecule has 1 aromatic rings. The molecular weight excluding hydrogens is 180 g/mol. The Morgan fingerprint density at radius 2 is 2.00 bits per heavy atom. The van der Waals surface area contributed by atoms with Crippen LogP contribution in [0.3, 0.4) is 0 Å². The lowest BCUT2D eigenvalue weighted by Crippen LogP contribution is -2.01. The molecule has 0 N–H and O–H groups in total. The number of carbonyl (C=O) groups excluding carboxylic acids is 1. The first kappa shape index (κ1) is 12.6. The highest BCUT2D eigenvalue weighted by Crippen LogP contribution is 1.96. The summed E-state index contributed by atoms with van der Waals surface area (Å²) in [7, 11) is 0. The number of esters is 1. The lowest BCUT2D eigenvalue weighted by Gasteiger charge is -1.99. The predicted molar refractivity (Wildman–Crippen MR) is 53.6 cm³/mol. The summed E-state index contributed by atoms with van der Waals surface area (Å²) in [5.41, 5.74) is 1.51. The lowest BCUT2D eigenvalue weighted by molar-refractivity contribution is -0.142. The van der Waals surface area contributed by atoms with Crippen LogP contribution in [0.15, 0.2) is 12.4 Å². The Morgan fingerprint density at radius 3 is 2.43 bits per heavy atom. The van der Waals surface area contributed by atoms with Gasteiger partial charge in [-0.2, -0.15) is 0 Å². The van der Waals surface area contributed by atoms with Crippen molar-refractivity contribution in [1.29, 1.82) is 0 Å². The lowest BCUT2D eigenvalue weighted by atomic mass is 10.4. The zero-order valence-electron chi connectivity index (χ0n) is 9.07. The average Bonchev–Trinajstić information content (AvgIpc) is 2.20. The minimum atomic E-state index is -0.308. The van der Waals surface area contributed by atoms with Gasteiger partial charge in [0, 0.05) is 13.1 Å². The highest BCUT2D eigenvalue weighted by atomic mass is 16.5. The largest absolute Gasteiger partial charge is 0.459 e. The molecule has 0 aliphatic carbocycles. The molecular formula is C10H16N2O2. The summed E-state index contributed by atoms with van der Waals surface area (Å²) in [6, 6.07) is 0. The Balaban J connectivity index is 0.000000791. The second-order valence-corrected chi connectivity index (χ2v) is 2.43. The summed E-state index contributed by atoms with van der Waals surface area (Å²) in [6.07, 6.45) is 3.23. The maximum absolute atomic E-state index is 10.4. The van der Waals surface area contributed by atoms with Crippen LogP contribution >= 0.6 is 0 Å². The summed E-state index contributed by atoms with van der Waals surface area (Å²) in [5, 5.41) is 0. The van der Waals surface area contributed by atoms with Crippen molar-refractivity contribution in [2.75, 3.05) is 0 Å². The third-order valence-corrected chi connectivity index (χ3v) is 1.26. The van der Waals surface area contributed by atoms with Crippen LogP contribution < -0.4 is 0 Å². The highest BCUT2D eigenvalue weighted by Gasteiger charge is 1.97. The molecule has 0 bridgehead atoms. The third kappa shape index (κ3) is 5.24. The zero-order valence-corrected chi connectivity index (χ0v) is 9.07. The number of rotatable bonds is 2. The number of aromatic nitrogens is 2. The molecule has 0 radical (unpaired) electrons. The molecule has 78 valence electrons. The second kappa shape index (κ2) is 7.00. The summed E-state index contributed by atoms with van der Waals surface area (Å²) >= 11 is 0. The van der Waals surface area contributed by atoms with Gasteiger partial charge in [0.2, 0.25) is 0 Å². The molecule has 0 spiro atoms. The molecule has 1 rings (SSSR count). The van der Waals surface area contributed by atoms with Gasteiger partial charge in [-0.1, -0.05) is 13.8 Å². The number of aryl methyl sites for hydroxylation is 1. The van der Waals surface area contributed by atoms with Gasteiger partial charge in [0.05, 0.1) is 17.6 Å². The van der Waals surface area contributed by atoms with Crippen molar-refractivity contribution in [3.63, 3.8) is 0 Å². The minimum Gasteiger partial charge on any atom is -0.459 e. The molecule has 1 aromatic heterocycles. The Bertz CT molecular complexity index is 270. The van der Waals surface area contributed by atoms with Gasteiger partial charge in [-0.25, -0.2) is 0 Å². The molecule has 0 amide bonds. The van der Waals surface area contributed by atoms with Crippen molar-refractivity contribution in [3.8, 4) is 0 Å². The summed E-state index contributed by atoms with van der Waals surface area (Å²) < 4.78 is 4.73.